The summed E-state index contributed by atoms with van der Waals surface area (Å²) >= 11 is 0. The highest BCUT2D eigenvalue weighted by Gasteiger charge is 2.14. The van der Waals surface area contributed by atoms with Gasteiger partial charge in [0.15, 0.2) is 25.2 Å². The van der Waals surface area contributed by atoms with Crippen molar-refractivity contribution in [1.29, 1.82) is 0 Å². The highest BCUT2D eigenvalue weighted by Crippen LogP contribution is 2.17. The van der Waals surface area contributed by atoms with Gasteiger partial charge in [-0.05, 0) is 102 Å². The molecule has 7 heteroatoms. The summed E-state index contributed by atoms with van der Waals surface area (Å²) in [5, 5.41) is 0. The van der Waals surface area contributed by atoms with Gasteiger partial charge in [-0.25, -0.2) is 0 Å². The van der Waals surface area contributed by atoms with Crippen LogP contribution in [0.1, 0.15) is 260 Å². The van der Waals surface area contributed by atoms with E-state index in [1.165, 1.54) is 141 Å². The number of rotatable bonds is 52. The average molecular weight is 867 g/mol. The fraction of sp³-hybridized carbons (Fsp3) is 0.926. The fourth-order valence-corrected chi connectivity index (χ4v) is 7.00. The lowest BCUT2D eigenvalue weighted by atomic mass is 10.1. The summed E-state index contributed by atoms with van der Waals surface area (Å²) in [7, 11) is 0. The molecule has 2 atom stereocenters. The predicted molar refractivity (Wildman–Crippen MR) is 261 cm³/mol. The lowest BCUT2D eigenvalue weighted by Gasteiger charge is -2.21. The third-order valence-electron chi connectivity index (χ3n) is 11.2. The van der Waals surface area contributed by atoms with Crippen LogP contribution in [0.3, 0.4) is 0 Å². The Morgan fingerprint density at radius 2 is 0.525 bits per heavy atom. The van der Waals surface area contributed by atoms with Crippen molar-refractivity contribution in [2.24, 2.45) is 0 Å². The van der Waals surface area contributed by atoms with Crippen molar-refractivity contribution in [3.63, 3.8) is 0 Å². The molecule has 0 fully saturated rings. The van der Waals surface area contributed by atoms with Crippen LogP contribution in [-0.2, 0) is 33.2 Å². The number of unbranched alkanes of at least 4 members (excludes halogenated alkanes) is 24. The van der Waals surface area contributed by atoms with Crippen molar-refractivity contribution < 1.29 is 33.2 Å². The van der Waals surface area contributed by atoms with Gasteiger partial charge < -0.3 is 33.2 Å². The van der Waals surface area contributed by atoms with Gasteiger partial charge in [0.25, 0.3) is 0 Å². The summed E-state index contributed by atoms with van der Waals surface area (Å²) in [4.78, 5) is 0. The van der Waals surface area contributed by atoms with Crippen LogP contribution >= 0.6 is 0 Å². The first-order valence-corrected chi connectivity index (χ1v) is 26.8. The molecule has 0 bridgehead atoms. The first kappa shape index (κ1) is 60.2. The van der Waals surface area contributed by atoms with Gasteiger partial charge in [-0.2, -0.15) is 0 Å². The van der Waals surface area contributed by atoms with Crippen molar-refractivity contribution in [3.8, 4) is 0 Å². The van der Waals surface area contributed by atoms with Crippen LogP contribution in [0.2, 0.25) is 0 Å². The Kier molecular flexibility index (Phi) is 51.2. The van der Waals surface area contributed by atoms with Crippen LogP contribution in [0, 0.1) is 0 Å². The molecular formula is C54H106O7. The molecule has 364 valence electrons. The second-order valence-electron chi connectivity index (χ2n) is 17.5. The average Bonchev–Trinajstić information content (AvgIpc) is 3.26. The second kappa shape index (κ2) is 51.8. The van der Waals surface area contributed by atoms with Crippen LogP contribution < -0.4 is 0 Å². The molecule has 0 spiro atoms. The van der Waals surface area contributed by atoms with Crippen LogP contribution in [-0.4, -0.2) is 64.8 Å². The van der Waals surface area contributed by atoms with Crippen LogP contribution in [0.15, 0.2) is 24.3 Å². The molecule has 0 saturated carbocycles. The highest BCUT2D eigenvalue weighted by atomic mass is 16.8. The van der Waals surface area contributed by atoms with Gasteiger partial charge in [-0.15, -0.1) is 0 Å². The topological polar surface area (TPSA) is 64.6 Å². The number of hydrogen-bond acceptors (Lipinski definition) is 7. The minimum absolute atomic E-state index is 0.00233. The van der Waals surface area contributed by atoms with Gasteiger partial charge >= 0.3 is 0 Å². The first-order valence-electron chi connectivity index (χ1n) is 26.8. The van der Waals surface area contributed by atoms with E-state index in [0.717, 1.165) is 103 Å². The van der Waals surface area contributed by atoms with Crippen LogP contribution in [0.4, 0.5) is 0 Å². The molecule has 2 unspecified atom stereocenters. The predicted octanol–water partition coefficient (Wildman–Crippen LogP) is 16.9. The molecule has 0 rings (SSSR count). The molecule has 0 saturated heterocycles. The summed E-state index contributed by atoms with van der Waals surface area (Å²) in [6.07, 6.45) is 49.1. The summed E-state index contributed by atoms with van der Waals surface area (Å²) in [6.45, 7) is 18.0. The smallest absolute Gasteiger partial charge is 0.180 e. The van der Waals surface area contributed by atoms with Gasteiger partial charge in [0.05, 0.1) is 13.2 Å². The second-order valence-corrected chi connectivity index (χ2v) is 17.5. The van der Waals surface area contributed by atoms with E-state index in [2.05, 4.69) is 65.8 Å². The lowest BCUT2D eigenvalue weighted by molar-refractivity contribution is -0.208. The quantitative estimate of drug-likeness (QED) is 0.0343. The van der Waals surface area contributed by atoms with Crippen LogP contribution in [0.5, 0.6) is 0 Å². The molecule has 0 N–H and O–H groups in total. The lowest BCUT2D eigenvalue weighted by Crippen LogP contribution is -2.25. The fourth-order valence-electron chi connectivity index (χ4n) is 7.00. The zero-order chi connectivity index (χ0) is 44.4. The minimum atomic E-state index is -0.372. The van der Waals surface area contributed by atoms with Crippen molar-refractivity contribution in [2.75, 3.05) is 39.6 Å². The Labute approximate surface area is 380 Å². The standard InChI is InChI=1S/C54H106O7/c1-7-13-45-55-51(56-46-14-8-2)41-37-33-29-25-21-19-23-27-31-35-39-43-53(59-49-17-11-5)61-54(60-50-18-12-6)44-40-36-32-28-24-20-22-26-30-34-38-42-52(57-47-15-9-3)58-48-16-10-4/h39-40,43-44,51-54H,7-38,41-42,45-50H2,1-6H3. The van der Waals surface area contributed by atoms with E-state index in [0.29, 0.717) is 13.2 Å². The molecule has 0 amide bonds. The zero-order valence-corrected chi connectivity index (χ0v) is 41.8. The number of allylic oxidation sites excluding steroid dienone is 2. The number of hydrogen-bond donors (Lipinski definition) is 0. The van der Waals surface area contributed by atoms with E-state index in [9.17, 15) is 0 Å². The number of ether oxygens (including phenoxy) is 7. The van der Waals surface area contributed by atoms with Gasteiger partial charge in [-0.3, -0.25) is 0 Å². The summed E-state index contributed by atoms with van der Waals surface area (Å²) in [5.74, 6) is 0. The summed E-state index contributed by atoms with van der Waals surface area (Å²) < 4.78 is 42.8. The Balaban J connectivity index is 4.34. The maximum absolute atomic E-state index is 6.41. The van der Waals surface area contributed by atoms with E-state index in [1.807, 2.05) is 0 Å². The highest BCUT2D eigenvalue weighted by molar-refractivity contribution is 4.89. The molecule has 0 aromatic rings. The molecular weight excluding hydrogens is 761 g/mol. The van der Waals surface area contributed by atoms with E-state index < -0.39 is 0 Å². The summed E-state index contributed by atoms with van der Waals surface area (Å²) in [6, 6.07) is 0. The Morgan fingerprint density at radius 1 is 0.279 bits per heavy atom. The van der Waals surface area contributed by atoms with E-state index in [4.69, 9.17) is 33.2 Å². The van der Waals surface area contributed by atoms with Crippen molar-refractivity contribution in [3.05, 3.63) is 24.3 Å². The van der Waals surface area contributed by atoms with Crippen LogP contribution in [0.25, 0.3) is 0 Å². The molecule has 0 aliphatic carbocycles. The van der Waals surface area contributed by atoms with E-state index in [-0.39, 0.29) is 25.2 Å². The molecule has 61 heavy (non-hydrogen) atoms. The van der Waals surface area contributed by atoms with Crippen molar-refractivity contribution in [1.82, 2.24) is 0 Å². The van der Waals surface area contributed by atoms with E-state index >= 15 is 0 Å². The molecule has 0 radical (unpaired) electrons. The molecule has 0 aliphatic heterocycles. The molecule has 0 heterocycles. The molecule has 0 aromatic carbocycles. The largest absolute Gasteiger partial charge is 0.353 e. The van der Waals surface area contributed by atoms with Crippen molar-refractivity contribution in [2.45, 2.75) is 285 Å². The van der Waals surface area contributed by atoms with Crippen molar-refractivity contribution >= 4 is 0 Å². The van der Waals surface area contributed by atoms with Gasteiger partial charge in [0.2, 0.25) is 0 Å². The first-order chi connectivity index (χ1) is 30.1. The monoisotopic (exact) mass is 867 g/mol. The van der Waals surface area contributed by atoms with Gasteiger partial charge in [0, 0.05) is 26.4 Å². The van der Waals surface area contributed by atoms with Gasteiger partial charge in [-0.1, -0.05) is 182 Å². The molecule has 0 aliphatic rings. The van der Waals surface area contributed by atoms with E-state index in [1.54, 1.807) is 0 Å². The minimum Gasteiger partial charge on any atom is -0.353 e. The normalized spacial score (nSPS) is 13.2. The maximum atomic E-state index is 6.41. The molecule has 7 nitrogen and oxygen atoms in total. The zero-order valence-electron chi connectivity index (χ0n) is 41.8. The summed E-state index contributed by atoms with van der Waals surface area (Å²) in [5.41, 5.74) is 0. The van der Waals surface area contributed by atoms with Gasteiger partial charge in [0.1, 0.15) is 0 Å². The third-order valence-corrected chi connectivity index (χ3v) is 11.2. The SMILES string of the molecule is CCCCOC(C=CCCCCCCCCCCCC(OCCCC)OCCCC)OC(C=CCCCCCCCCCCCC(OCCCC)OCCCC)OCCCC. The molecule has 0 aromatic heterocycles. The Morgan fingerprint density at radius 3 is 0.803 bits per heavy atom. The Hall–Kier alpha value is -0.800. The maximum Gasteiger partial charge on any atom is 0.180 e. The Bertz CT molecular complexity index is 778. The third kappa shape index (κ3) is 45.6.